The molecule has 0 radical (unpaired) electrons. The second kappa shape index (κ2) is 8.30. The monoisotopic (exact) mass is 378 g/mol. The van der Waals surface area contributed by atoms with Crippen molar-refractivity contribution in [3.05, 3.63) is 71.3 Å². The molecule has 3 atom stereocenters. The molecule has 148 valence electrons. The van der Waals surface area contributed by atoms with Gasteiger partial charge in [-0.15, -0.1) is 0 Å². The Bertz CT molecular complexity index is 827. The Kier molecular flexibility index (Phi) is 6.02. The van der Waals surface area contributed by atoms with Crippen LogP contribution in [0.3, 0.4) is 0 Å². The van der Waals surface area contributed by atoms with E-state index in [-0.39, 0.29) is 17.1 Å². The van der Waals surface area contributed by atoms with Gasteiger partial charge < -0.3 is 4.74 Å². The van der Waals surface area contributed by atoms with Gasteiger partial charge in [-0.2, -0.15) is 0 Å². The molecule has 0 saturated carbocycles. The topological polar surface area (TPSA) is 43.4 Å². The smallest absolute Gasteiger partial charge is 0.317 e. The molecule has 0 bridgehead atoms. The molecule has 0 heterocycles. The molecule has 1 aromatic carbocycles. The molecule has 1 aromatic rings. The Morgan fingerprint density at radius 3 is 2.57 bits per heavy atom. The number of esters is 1. The highest BCUT2D eigenvalue weighted by Gasteiger charge is 2.39. The van der Waals surface area contributed by atoms with Gasteiger partial charge in [-0.25, -0.2) is 0 Å². The summed E-state index contributed by atoms with van der Waals surface area (Å²) in [5.74, 6) is -1.21. The van der Waals surface area contributed by atoms with E-state index in [2.05, 4.69) is 39.0 Å². The van der Waals surface area contributed by atoms with Crippen molar-refractivity contribution >= 4 is 11.8 Å². The summed E-state index contributed by atoms with van der Waals surface area (Å²) in [5, 5.41) is 0. The van der Waals surface area contributed by atoms with Crippen LogP contribution in [0.2, 0.25) is 0 Å². The van der Waals surface area contributed by atoms with E-state index in [9.17, 15) is 9.59 Å². The minimum Gasteiger partial charge on any atom is -0.468 e. The zero-order valence-corrected chi connectivity index (χ0v) is 17.3. The van der Waals surface area contributed by atoms with Crippen molar-refractivity contribution < 1.29 is 14.3 Å². The third kappa shape index (κ3) is 4.19. The fourth-order valence-electron chi connectivity index (χ4n) is 4.64. The first-order valence-electron chi connectivity index (χ1n) is 10.1. The predicted molar refractivity (Wildman–Crippen MR) is 112 cm³/mol. The van der Waals surface area contributed by atoms with Crippen LogP contribution >= 0.6 is 0 Å². The van der Waals surface area contributed by atoms with Gasteiger partial charge in [0, 0.05) is 11.8 Å². The molecule has 2 aliphatic rings. The van der Waals surface area contributed by atoms with Gasteiger partial charge in [0.1, 0.15) is 5.92 Å². The van der Waals surface area contributed by atoms with Gasteiger partial charge in [-0.1, -0.05) is 68.0 Å². The van der Waals surface area contributed by atoms with Gasteiger partial charge in [0.05, 0.1) is 7.11 Å². The predicted octanol–water partition coefficient (Wildman–Crippen LogP) is 5.40. The second-order valence-corrected chi connectivity index (χ2v) is 8.66. The maximum Gasteiger partial charge on any atom is 0.317 e. The zero-order chi connectivity index (χ0) is 20.3. The van der Waals surface area contributed by atoms with Gasteiger partial charge in [0.2, 0.25) is 0 Å². The van der Waals surface area contributed by atoms with Crippen LogP contribution in [0.4, 0.5) is 0 Å². The number of hydrogen-bond acceptors (Lipinski definition) is 3. The normalized spacial score (nSPS) is 27.3. The van der Waals surface area contributed by atoms with Gasteiger partial charge in [0.15, 0.2) is 5.78 Å². The van der Waals surface area contributed by atoms with Gasteiger partial charge in [-0.05, 0) is 48.8 Å². The van der Waals surface area contributed by atoms with Crippen LogP contribution in [0.5, 0.6) is 0 Å². The van der Waals surface area contributed by atoms with Crippen molar-refractivity contribution in [3.63, 3.8) is 0 Å². The van der Waals surface area contributed by atoms with Crippen molar-refractivity contribution in [1.82, 2.24) is 0 Å². The summed E-state index contributed by atoms with van der Waals surface area (Å²) in [6.45, 7) is 6.80. The molecule has 3 unspecified atom stereocenters. The summed E-state index contributed by atoms with van der Waals surface area (Å²) in [7, 11) is 1.34. The van der Waals surface area contributed by atoms with Crippen molar-refractivity contribution in [2.24, 2.45) is 17.3 Å². The Balaban J connectivity index is 1.90. The van der Waals surface area contributed by atoms with Crippen molar-refractivity contribution in [3.8, 4) is 0 Å². The van der Waals surface area contributed by atoms with Crippen LogP contribution in [0, 0.1) is 17.3 Å². The number of carbonyl (C=O) groups excluding carboxylic acids is 2. The Labute approximate surface area is 168 Å². The van der Waals surface area contributed by atoms with Crippen LogP contribution in [-0.2, 0) is 14.3 Å². The van der Waals surface area contributed by atoms with E-state index in [1.807, 2.05) is 30.3 Å². The summed E-state index contributed by atoms with van der Waals surface area (Å²) < 4.78 is 4.93. The third-order valence-corrected chi connectivity index (χ3v) is 6.27. The number of methoxy groups -OCH3 is 1. The first kappa shape index (κ1) is 20.3. The maximum atomic E-state index is 12.8. The van der Waals surface area contributed by atoms with Crippen LogP contribution in [0.15, 0.2) is 65.8 Å². The number of benzene rings is 1. The van der Waals surface area contributed by atoms with E-state index < -0.39 is 11.9 Å². The molecule has 0 saturated heterocycles. The number of ether oxygens (including phenoxy) is 1. The number of rotatable bonds is 4. The van der Waals surface area contributed by atoms with E-state index in [4.69, 9.17) is 4.74 Å². The maximum absolute atomic E-state index is 12.8. The molecule has 3 nitrogen and oxygen atoms in total. The quantitative estimate of drug-likeness (QED) is 0.400. The van der Waals surface area contributed by atoms with Gasteiger partial charge in [0.25, 0.3) is 0 Å². The highest BCUT2D eigenvalue weighted by Crippen LogP contribution is 2.42. The molecule has 0 amide bonds. The lowest BCUT2D eigenvalue weighted by atomic mass is 9.68. The van der Waals surface area contributed by atoms with Crippen LogP contribution in [0.25, 0.3) is 0 Å². The molecule has 0 aromatic heterocycles. The third-order valence-electron chi connectivity index (χ3n) is 6.27. The van der Waals surface area contributed by atoms with E-state index in [0.29, 0.717) is 12.3 Å². The SMILES string of the molecule is COC(=O)C1C(=O)C=C(/C=C/C2C(C)=CCCC2(C)C)CC1c1ccccc1. The summed E-state index contributed by atoms with van der Waals surface area (Å²) in [6, 6.07) is 9.80. The van der Waals surface area contributed by atoms with E-state index in [1.165, 1.54) is 12.7 Å². The summed E-state index contributed by atoms with van der Waals surface area (Å²) in [4.78, 5) is 25.1. The van der Waals surface area contributed by atoms with Gasteiger partial charge >= 0.3 is 5.97 Å². The summed E-state index contributed by atoms with van der Waals surface area (Å²) >= 11 is 0. The number of ketones is 1. The zero-order valence-electron chi connectivity index (χ0n) is 17.3. The standard InChI is InChI=1S/C25H30O3/c1-17-9-8-14-25(2,3)21(17)13-12-18-15-20(19-10-6-5-7-11-19)23(22(26)16-18)24(27)28-4/h5-7,9-13,16,20-21,23H,8,14-15H2,1-4H3/b13-12+. The molecule has 0 spiro atoms. The lowest BCUT2D eigenvalue weighted by Gasteiger charge is -2.37. The summed E-state index contributed by atoms with van der Waals surface area (Å²) in [6.07, 6.45) is 11.2. The number of carbonyl (C=O) groups is 2. The molecular weight excluding hydrogens is 348 g/mol. The molecule has 2 aliphatic carbocycles. The molecule has 0 aliphatic heterocycles. The highest BCUT2D eigenvalue weighted by molar-refractivity contribution is 6.07. The van der Waals surface area contributed by atoms with Crippen LogP contribution in [-0.4, -0.2) is 18.9 Å². The lowest BCUT2D eigenvalue weighted by molar-refractivity contribution is -0.149. The van der Waals surface area contributed by atoms with Crippen LogP contribution in [0.1, 0.15) is 51.5 Å². The van der Waals surface area contributed by atoms with Crippen molar-refractivity contribution in [2.75, 3.05) is 7.11 Å². The average molecular weight is 379 g/mol. The molecule has 3 rings (SSSR count). The lowest BCUT2D eigenvalue weighted by Crippen LogP contribution is -2.33. The van der Waals surface area contributed by atoms with Crippen LogP contribution < -0.4 is 0 Å². The fourth-order valence-corrected chi connectivity index (χ4v) is 4.64. The number of allylic oxidation sites excluding steroid dienone is 6. The van der Waals surface area contributed by atoms with E-state index in [0.717, 1.165) is 24.0 Å². The van der Waals surface area contributed by atoms with Crippen molar-refractivity contribution in [2.45, 2.75) is 46.0 Å². The Morgan fingerprint density at radius 1 is 1.21 bits per heavy atom. The molecule has 3 heteroatoms. The number of hydrogen-bond donors (Lipinski definition) is 0. The molecular formula is C25H30O3. The second-order valence-electron chi connectivity index (χ2n) is 8.66. The minimum atomic E-state index is -0.766. The van der Waals surface area contributed by atoms with Gasteiger partial charge in [-0.3, -0.25) is 9.59 Å². The Morgan fingerprint density at radius 2 is 1.93 bits per heavy atom. The average Bonchev–Trinajstić information content (AvgIpc) is 2.66. The van der Waals surface area contributed by atoms with E-state index >= 15 is 0 Å². The largest absolute Gasteiger partial charge is 0.468 e. The fraction of sp³-hybridized carbons (Fsp3) is 0.440. The van der Waals surface area contributed by atoms with Crippen molar-refractivity contribution in [1.29, 1.82) is 0 Å². The molecule has 0 fully saturated rings. The van der Waals surface area contributed by atoms with E-state index in [1.54, 1.807) is 6.08 Å². The minimum absolute atomic E-state index is 0.165. The summed E-state index contributed by atoms with van der Waals surface area (Å²) in [5.41, 5.74) is 3.58. The molecule has 28 heavy (non-hydrogen) atoms. The Hall–Kier alpha value is -2.42. The first-order valence-corrected chi connectivity index (χ1v) is 10.1. The molecule has 0 N–H and O–H groups in total. The highest BCUT2D eigenvalue weighted by atomic mass is 16.5. The first-order chi connectivity index (χ1) is 13.3.